The van der Waals surface area contributed by atoms with E-state index in [0.29, 0.717) is 0 Å². The third-order valence-electron chi connectivity index (χ3n) is 4.95. The molecule has 2 aromatic rings. The van der Waals surface area contributed by atoms with E-state index in [9.17, 15) is 14.4 Å². The zero-order chi connectivity index (χ0) is 24.8. The number of carbonyl (C=O) groups excluding carboxylic acids is 3. The lowest BCUT2D eigenvalue weighted by Gasteiger charge is -2.31. The van der Waals surface area contributed by atoms with Gasteiger partial charge in [-0.3, -0.25) is 4.79 Å². The van der Waals surface area contributed by atoms with Crippen LogP contribution in [0.1, 0.15) is 44.7 Å². The van der Waals surface area contributed by atoms with Gasteiger partial charge >= 0.3 is 11.9 Å². The van der Waals surface area contributed by atoms with Gasteiger partial charge in [0.15, 0.2) is 6.29 Å². The van der Waals surface area contributed by atoms with Crippen molar-refractivity contribution in [3.8, 4) is 0 Å². The molecule has 0 heterocycles. The first-order chi connectivity index (χ1) is 16.4. The lowest BCUT2D eigenvalue weighted by Crippen LogP contribution is -2.61. The van der Waals surface area contributed by atoms with Crippen LogP contribution in [0.4, 0.5) is 0 Å². The lowest BCUT2D eigenvalue weighted by atomic mass is 9.92. The van der Waals surface area contributed by atoms with Crippen LogP contribution in [0.25, 0.3) is 0 Å². The third kappa shape index (κ3) is 8.28. The van der Waals surface area contributed by atoms with Crippen molar-refractivity contribution in [3.05, 3.63) is 71.8 Å². The second-order valence-corrected chi connectivity index (χ2v) is 7.59. The summed E-state index contributed by atoms with van der Waals surface area (Å²) in [4.78, 5) is 37.7. The quantitative estimate of drug-likeness (QED) is 0.256. The van der Waals surface area contributed by atoms with Gasteiger partial charge in [-0.05, 0) is 31.4 Å². The summed E-state index contributed by atoms with van der Waals surface area (Å²) in [7, 11) is 0. The van der Waals surface area contributed by atoms with Crippen LogP contribution >= 0.6 is 0 Å². The van der Waals surface area contributed by atoms with E-state index in [1.807, 2.05) is 60.7 Å². The fraction of sp³-hybridized carbons (Fsp3) is 0.423. The summed E-state index contributed by atoms with van der Waals surface area (Å²) in [5.41, 5.74) is -0.109. The van der Waals surface area contributed by atoms with Gasteiger partial charge < -0.3 is 24.3 Å². The predicted molar refractivity (Wildman–Crippen MR) is 125 cm³/mol. The Morgan fingerprint density at radius 1 is 0.794 bits per heavy atom. The Morgan fingerprint density at radius 3 is 1.62 bits per heavy atom. The molecule has 0 spiro atoms. The van der Waals surface area contributed by atoms with Crippen LogP contribution < -0.4 is 5.32 Å². The highest BCUT2D eigenvalue weighted by Gasteiger charge is 2.50. The number of benzene rings is 2. The van der Waals surface area contributed by atoms with Crippen molar-refractivity contribution in [2.45, 2.75) is 58.7 Å². The first-order valence-corrected chi connectivity index (χ1v) is 11.4. The first kappa shape index (κ1) is 27.0. The van der Waals surface area contributed by atoms with Gasteiger partial charge in [-0.1, -0.05) is 60.7 Å². The minimum Gasteiger partial charge on any atom is -0.464 e. The molecule has 0 aliphatic rings. The van der Waals surface area contributed by atoms with Crippen LogP contribution in [0.5, 0.6) is 0 Å². The van der Waals surface area contributed by atoms with Crippen molar-refractivity contribution in [1.82, 2.24) is 5.32 Å². The summed E-state index contributed by atoms with van der Waals surface area (Å²) < 4.78 is 22.2. The van der Waals surface area contributed by atoms with Crippen LogP contribution in [0.3, 0.4) is 0 Å². The van der Waals surface area contributed by atoms with Crippen LogP contribution in [-0.4, -0.2) is 42.9 Å². The molecule has 0 aliphatic carbocycles. The fourth-order valence-corrected chi connectivity index (χ4v) is 3.34. The van der Waals surface area contributed by atoms with Crippen LogP contribution in [-0.2, 0) is 46.5 Å². The molecule has 0 unspecified atom stereocenters. The van der Waals surface area contributed by atoms with Gasteiger partial charge in [-0.25, -0.2) is 9.59 Å². The fourth-order valence-electron chi connectivity index (χ4n) is 3.34. The normalized spacial score (nSPS) is 11.2. The Kier molecular flexibility index (Phi) is 11.2. The summed E-state index contributed by atoms with van der Waals surface area (Å²) in [5, 5.41) is 2.47. The maximum atomic E-state index is 12.9. The molecule has 0 saturated carbocycles. The van der Waals surface area contributed by atoms with Crippen LogP contribution in [0.2, 0.25) is 0 Å². The molecule has 0 aliphatic heterocycles. The Bertz CT molecular complexity index is 840. The molecule has 1 amide bonds. The number of hydrogen-bond donors (Lipinski definition) is 1. The number of ether oxygens (including phenoxy) is 4. The van der Waals surface area contributed by atoms with Gasteiger partial charge in [-0.15, -0.1) is 0 Å². The molecule has 1 N–H and O–H groups in total. The molecule has 34 heavy (non-hydrogen) atoms. The minimum absolute atomic E-state index is 0.0397. The Balaban J connectivity index is 2.22. The maximum Gasteiger partial charge on any atom is 0.343 e. The smallest absolute Gasteiger partial charge is 0.343 e. The van der Waals surface area contributed by atoms with E-state index in [0.717, 1.165) is 11.1 Å². The first-order valence-electron chi connectivity index (χ1n) is 11.4. The van der Waals surface area contributed by atoms with E-state index in [2.05, 4.69) is 5.32 Å². The van der Waals surface area contributed by atoms with Gasteiger partial charge in [-0.2, -0.15) is 0 Å². The second-order valence-electron chi connectivity index (χ2n) is 7.59. The molecule has 2 rings (SSSR count). The van der Waals surface area contributed by atoms with Gasteiger partial charge in [0, 0.05) is 13.3 Å². The maximum absolute atomic E-state index is 12.9. The average molecular weight is 472 g/mol. The van der Waals surface area contributed by atoms with Crippen molar-refractivity contribution >= 4 is 17.8 Å². The zero-order valence-electron chi connectivity index (χ0n) is 20.0. The van der Waals surface area contributed by atoms with Crippen LogP contribution in [0.15, 0.2) is 60.7 Å². The van der Waals surface area contributed by atoms with E-state index < -0.39 is 29.7 Å². The Morgan fingerprint density at radius 2 is 1.24 bits per heavy atom. The van der Waals surface area contributed by atoms with Gasteiger partial charge in [0.05, 0.1) is 26.4 Å². The van der Waals surface area contributed by atoms with Crippen molar-refractivity contribution in [2.24, 2.45) is 0 Å². The van der Waals surface area contributed by atoms with E-state index in [4.69, 9.17) is 18.9 Å². The van der Waals surface area contributed by atoms with E-state index in [-0.39, 0.29) is 39.3 Å². The Hall–Kier alpha value is -3.23. The van der Waals surface area contributed by atoms with E-state index in [1.165, 1.54) is 6.92 Å². The number of nitrogens with one attached hydrogen (secondary N) is 1. The summed E-state index contributed by atoms with van der Waals surface area (Å²) in [6, 6.07) is 19.1. The number of amides is 1. The molecule has 8 nitrogen and oxygen atoms in total. The summed E-state index contributed by atoms with van der Waals surface area (Å²) in [5.74, 6) is -2.32. The molecular formula is C26H33NO7. The molecule has 0 fully saturated rings. The molecule has 0 radical (unpaired) electrons. The molecule has 0 saturated heterocycles. The zero-order valence-corrected chi connectivity index (χ0v) is 20.0. The lowest BCUT2D eigenvalue weighted by molar-refractivity contribution is -0.176. The standard InChI is InChI=1S/C26H33NO7/c1-4-31-24(29)26(27-20(3)28,25(30)32-5-2)17-16-23(33-18-21-12-8-6-9-13-21)34-19-22-14-10-7-11-15-22/h6-15,23H,4-5,16-19H2,1-3H3,(H,27,28). The second kappa shape index (κ2) is 14.1. The molecule has 0 bridgehead atoms. The predicted octanol–water partition coefficient (Wildman–Crippen LogP) is 3.53. The average Bonchev–Trinajstić information content (AvgIpc) is 2.84. The molecule has 2 aromatic carbocycles. The van der Waals surface area contributed by atoms with Crippen molar-refractivity contribution < 1.29 is 33.3 Å². The molecular weight excluding hydrogens is 438 g/mol. The monoisotopic (exact) mass is 471 g/mol. The molecule has 0 atom stereocenters. The number of carbonyl (C=O) groups is 3. The van der Waals surface area contributed by atoms with Gasteiger partial charge in [0.25, 0.3) is 0 Å². The third-order valence-corrected chi connectivity index (χ3v) is 4.95. The number of rotatable bonds is 14. The van der Waals surface area contributed by atoms with Crippen molar-refractivity contribution in [1.29, 1.82) is 0 Å². The topological polar surface area (TPSA) is 100 Å². The molecule has 184 valence electrons. The summed E-state index contributed by atoms with van der Waals surface area (Å²) in [6.45, 7) is 5.09. The van der Waals surface area contributed by atoms with Crippen molar-refractivity contribution in [2.75, 3.05) is 13.2 Å². The minimum atomic E-state index is -2.00. The molecule has 0 aromatic heterocycles. The summed E-state index contributed by atoms with van der Waals surface area (Å²) in [6.07, 6.45) is -0.770. The number of hydrogen-bond acceptors (Lipinski definition) is 7. The highest BCUT2D eigenvalue weighted by molar-refractivity contribution is 6.07. The highest BCUT2D eigenvalue weighted by Crippen LogP contribution is 2.22. The van der Waals surface area contributed by atoms with Gasteiger partial charge in [0.1, 0.15) is 0 Å². The van der Waals surface area contributed by atoms with Gasteiger partial charge in [0.2, 0.25) is 11.4 Å². The molecule has 8 heteroatoms. The largest absolute Gasteiger partial charge is 0.464 e. The SMILES string of the molecule is CCOC(=O)C(CCC(OCc1ccccc1)OCc1ccccc1)(NC(C)=O)C(=O)OCC. The highest BCUT2D eigenvalue weighted by atomic mass is 16.7. The summed E-state index contributed by atoms with van der Waals surface area (Å²) >= 11 is 0. The van der Waals surface area contributed by atoms with Crippen molar-refractivity contribution in [3.63, 3.8) is 0 Å². The number of esters is 2. The van der Waals surface area contributed by atoms with Crippen LogP contribution in [0, 0.1) is 0 Å². The van der Waals surface area contributed by atoms with E-state index >= 15 is 0 Å². The Labute approximate surface area is 200 Å². The van der Waals surface area contributed by atoms with E-state index in [1.54, 1.807) is 13.8 Å².